The fourth-order valence-corrected chi connectivity index (χ4v) is 5.04. The number of fused-ring (bicyclic) bond motifs is 1. The molecule has 0 saturated carbocycles. The first-order valence-electron chi connectivity index (χ1n) is 7.67. The van der Waals surface area contributed by atoms with E-state index in [9.17, 15) is 5.26 Å². The summed E-state index contributed by atoms with van der Waals surface area (Å²) in [6.45, 7) is 6.93. The number of nitrogens with zero attached hydrogens (tertiary/aromatic N) is 1. The van der Waals surface area contributed by atoms with Gasteiger partial charge in [0.1, 0.15) is 38.2 Å². The molecule has 0 aromatic heterocycles. The van der Waals surface area contributed by atoms with Gasteiger partial charge < -0.3 is 15.5 Å². The lowest BCUT2D eigenvalue weighted by atomic mass is 9.56. The zero-order valence-electron chi connectivity index (χ0n) is 11.9. The molecule has 4 heteroatoms. The number of piperidine rings is 2. The number of nitriles is 1. The Kier molecular flexibility index (Phi) is 2.50. The first-order chi connectivity index (χ1) is 9.68. The average Bonchev–Trinajstić information content (AvgIpc) is 2.74. The lowest BCUT2D eigenvalue weighted by molar-refractivity contribution is -0.918. The molecule has 20 heavy (non-hydrogen) atoms. The van der Waals surface area contributed by atoms with Gasteiger partial charge in [-0.1, -0.05) is 30.3 Å². The molecule has 1 aromatic rings. The maximum Gasteiger partial charge on any atom is 0.216 e. The van der Waals surface area contributed by atoms with Crippen LogP contribution in [0.5, 0.6) is 0 Å². The van der Waals surface area contributed by atoms with Crippen LogP contribution in [0.15, 0.2) is 30.3 Å². The zero-order chi connectivity index (χ0) is 13.8. The minimum atomic E-state index is -0.453. The third-order valence-electron chi connectivity index (χ3n) is 6.08. The van der Waals surface area contributed by atoms with Gasteiger partial charge in [0.15, 0.2) is 5.41 Å². The molecule has 4 nitrogen and oxygen atoms in total. The Bertz CT molecular complexity index is 548. The van der Waals surface area contributed by atoms with Crippen molar-refractivity contribution in [2.75, 3.05) is 39.3 Å². The minimum absolute atomic E-state index is 0.0641. The number of benzene rings is 1. The monoisotopic (exact) mass is 271 g/mol. The second-order valence-electron chi connectivity index (χ2n) is 6.99. The van der Waals surface area contributed by atoms with Crippen molar-refractivity contribution in [3.05, 3.63) is 35.9 Å². The van der Waals surface area contributed by atoms with Gasteiger partial charge in [0.05, 0.1) is 13.1 Å². The van der Waals surface area contributed by atoms with Crippen LogP contribution in [-0.4, -0.2) is 44.8 Å². The lowest BCUT2D eigenvalue weighted by Gasteiger charge is -2.51. The second kappa shape index (κ2) is 4.05. The molecular formula is C16H23N4+3. The Morgan fingerprint density at radius 1 is 1.10 bits per heavy atom. The lowest BCUT2D eigenvalue weighted by Crippen LogP contribution is -3.21. The van der Waals surface area contributed by atoms with Crippen LogP contribution in [0.4, 0.5) is 0 Å². The molecule has 4 fully saturated rings. The van der Waals surface area contributed by atoms with Crippen molar-refractivity contribution in [3.8, 4) is 6.07 Å². The molecule has 4 aliphatic heterocycles. The molecular weight excluding hydrogens is 248 g/mol. The average molecular weight is 271 g/mol. The van der Waals surface area contributed by atoms with Crippen LogP contribution in [0.2, 0.25) is 0 Å². The van der Waals surface area contributed by atoms with Crippen molar-refractivity contribution in [1.82, 2.24) is 0 Å². The summed E-state index contributed by atoms with van der Waals surface area (Å²) in [5.74, 6) is 0.433. The minimum Gasteiger partial charge on any atom is -0.339 e. The molecule has 5 rings (SSSR count). The standard InChI is InChI=1S/C16H20N4/c17-10-16(18)14-8-19-6-7-20(9-14)12-15(16,11-19)13-4-2-1-3-5-13/h1-5,14H,6-9,11-12,18H2/p+3/t14?,15?,16-/m1/s1. The van der Waals surface area contributed by atoms with E-state index in [2.05, 4.69) is 42.1 Å². The number of hydrogen-bond acceptors (Lipinski definition) is 1. The predicted molar refractivity (Wildman–Crippen MR) is 74.0 cm³/mol. The fraction of sp³-hybridized carbons (Fsp3) is 0.562. The Morgan fingerprint density at radius 3 is 2.25 bits per heavy atom. The van der Waals surface area contributed by atoms with Gasteiger partial charge in [-0.3, -0.25) is 0 Å². The van der Waals surface area contributed by atoms with E-state index in [-0.39, 0.29) is 5.41 Å². The molecule has 4 aliphatic rings. The molecule has 3 atom stereocenters. The van der Waals surface area contributed by atoms with Gasteiger partial charge in [0, 0.05) is 0 Å². The highest BCUT2D eigenvalue weighted by Gasteiger charge is 2.71. The van der Waals surface area contributed by atoms with E-state index in [1.54, 1.807) is 9.80 Å². The normalized spacial score (nSPS) is 45.9. The molecule has 1 aromatic carbocycles. The summed E-state index contributed by atoms with van der Waals surface area (Å²) >= 11 is 0. The van der Waals surface area contributed by atoms with Crippen LogP contribution in [-0.2, 0) is 5.41 Å². The predicted octanol–water partition coefficient (Wildman–Crippen LogP) is -3.14. The van der Waals surface area contributed by atoms with Gasteiger partial charge in [-0.2, -0.15) is 5.26 Å². The molecule has 0 radical (unpaired) electrons. The Hall–Kier alpha value is -1.41. The van der Waals surface area contributed by atoms with Gasteiger partial charge in [0.25, 0.3) is 0 Å². The van der Waals surface area contributed by atoms with Crippen LogP contribution < -0.4 is 15.5 Å². The molecule has 4 bridgehead atoms. The highest BCUT2D eigenvalue weighted by molar-refractivity contribution is 5.36. The summed E-state index contributed by atoms with van der Waals surface area (Å²) in [5.41, 5.74) is 5.30. The molecule has 0 amide bonds. The van der Waals surface area contributed by atoms with E-state index in [0.29, 0.717) is 5.92 Å². The molecule has 0 spiro atoms. The van der Waals surface area contributed by atoms with E-state index in [1.807, 2.05) is 0 Å². The first-order valence-corrected chi connectivity index (χ1v) is 7.67. The molecule has 4 heterocycles. The maximum atomic E-state index is 9.94. The summed E-state index contributed by atoms with van der Waals surface area (Å²) in [5, 5.41) is 9.94. The topological polar surface area (TPSA) is 60.3 Å². The first kappa shape index (κ1) is 12.3. The van der Waals surface area contributed by atoms with Gasteiger partial charge in [-0.05, 0) is 5.56 Å². The quantitative estimate of drug-likeness (QED) is 0.497. The van der Waals surface area contributed by atoms with Crippen LogP contribution in [0.1, 0.15) is 5.56 Å². The molecule has 0 aliphatic carbocycles. The highest BCUT2D eigenvalue weighted by Crippen LogP contribution is 2.39. The largest absolute Gasteiger partial charge is 0.339 e. The summed E-state index contributed by atoms with van der Waals surface area (Å²) in [4.78, 5) is 3.36. The molecule has 5 N–H and O–H groups in total. The van der Waals surface area contributed by atoms with Crippen molar-refractivity contribution in [2.24, 2.45) is 5.92 Å². The third-order valence-corrected chi connectivity index (χ3v) is 6.08. The SMILES string of the molecule is N#C[C@@]1([NH3+])C2C[NH+]3CC[NH+](C2)CC1(c1ccccc1)C3. The van der Waals surface area contributed by atoms with E-state index < -0.39 is 5.54 Å². The van der Waals surface area contributed by atoms with E-state index >= 15 is 0 Å². The summed E-state index contributed by atoms with van der Waals surface area (Å²) in [7, 11) is 0. The van der Waals surface area contributed by atoms with Crippen molar-refractivity contribution in [2.45, 2.75) is 11.0 Å². The number of nitrogens with one attached hydrogen (secondary N) is 2. The van der Waals surface area contributed by atoms with E-state index in [4.69, 9.17) is 0 Å². The van der Waals surface area contributed by atoms with Crippen LogP contribution >= 0.6 is 0 Å². The number of rotatable bonds is 1. The second-order valence-corrected chi connectivity index (χ2v) is 6.99. The smallest absolute Gasteiger partial charge is 0.216 e. The van der Waals surface area contributed by atoms with Crippen LogP contribution in [0.3, 0.4) is 0 Å². The highest BCUT2D eigenvalue weighted by atomic mass is 15.3. The van der Waals surface area contributed by atoms with Crippen molar-refractivity contribution in [1.29, 1.82) is 5.26 Å². The Labute approximate surface area is 119 Å². The zero-order valence-corrected chi connectivity index (χ0v) is 11.9. The Morgan fingerprint density at radius 2 is 1.70 bits per heavy atom. The molecule has 2 unspecified atom stereocenters. The molecule has 4 saturated heterocycles. The fourth-order valence-electron chi connectivity index (χ4n) is 5.04. The van der Waals surface area contributed by atoms with Gasteiger partial charge in [0.2, 0.25) is 5.54 Å². The van der Waals surface area contributed by atoms with Gasteiger partial charge in [-0.15, -0.1) is 0 Å². The number of hydrogen-bond donors (Lipinski definition) is 3. The van der Waals surface area contributed by atoms with Gasteiger partial charge in [-0.25, -0.2) is 0 Å². The van der Waals surface area contributed by atoms with E-state index in [0.717, 1.165) is 26.2 Å². The van der Waals surface area contributed by atoms with Crippen LogP contribution in [0.25, 0.3) is 0 Å². The van der Waals surface area contributed by atoms with Crippen molar-refractivity contribution in [3.63, 3.8) is 0 Å². The molecule has 104 valence electrons. The van der Waals surface area contributed by atoms with Gasteiger partial charge >= 0.3 is 0 Å². The summed E-state index contributed by atoms with van der Waals surface area (Å²) in [6, 6.07) is 13.4. The van der Waals surface area contributed by atoms with E-state index in [1.165, 1.54) is 18.7 Å². The number of quaternary nitrogens is 3. The summed E-state index contributed by atoms with van der Waals surface area (Å²) in [6.07, 6.45) is 0. The van der Waals surface area contributed by atoms with Crippen molar-refractivity contribution >= 4 is 0 Å². The third kappa shape index (κ3) is 1.40. The van der Waals surface area contributed by atoms with Crippen LogP contribution in [0, 0.1) is 17.2 Å². The summed E-state index contributed by atoms with van der Waals surface area (Å²) < 4.78 is 0. The van der Waals surface area contributed by atoms with Crippen molar-refractivity contribution < 1.29 is 15.5 Å². The maximum absolute atomic E-state index is 9.94. The Balaban J connectivity index is 1.92.